The van der Waals surface area contributed by atoms with Crippen LogP contribution in [0, 0.1) is 17.3 Å². The van der Waals surface area contributed by atoms with Crippen LogP contribution in [-0.2, 0) is 21.7 Å². The molecule has 0 spiro atoms. The molecule has 0 fully saturated rings. The highest BCUT2D eigenvalue weighted by molar-refractivity contribution is 6.24. The van der Waals surface area contributed by atoms with Crippen LogP contribution in [-0.4, -0.2) is 21.8 Å². The van der Waals surface area contributed by atoms with Crippen LogP contribution in [0.4, 0.5) is 0 Å². The van der Waals surface area contributed by atoms with E-state index in [1.54, 1.807) is 0 Å². The summed E-state index contributed by atoms with van der Waals surface area (Å²) in [5, 5.41) is 23.8. The lowest BCUT2D eigenvalue weighted by Gasteiger charge is -2.32. The van der Waals surface area contributed by atoms with Crippen molar-refractivity contribution >= 4 is 22.7 Å². The van der Waals surface area contributed by atoms with Crippen LogP contribution >= 0.6 is 0 Å². The van der Waals surface area contributed by atoms with E-state index in [2.05, 4.69) is 121 Å². The number of phenols is 2. The molecule has 0 amide bonds. The van der Waals surface area contributed by atoms with Gasteiger partial charge in [-0.1, -0.05) is 158 Å². The second-order valence-electron chi connectivity index (χ2n) is 20.6. The highest BCUT2D eigenvalue weighted by Crippen LogP contribution is 2.69. The van der Waals surface area contributed by atoms with Crippen molar-refractivity contribution in [3.05, 3.63) is 141 Å². The number of ketones is 2. The van der Waals surface area contributed by atoms with E-state index in [0.29, 0.717) is 33.8 Å². The largest absolute Gasteiger partial charge is 0.507 e. The van der Waals surface area contributed by atoms with Gasteiger partial charge in [-0.25, -0.2) is 0 Å². The zero-order valence-corrected chi connectivity index (χ0v) is 35.4. The Kier molecular flexibility index (Phi) is 9.60. The first-order valence-electron chi connectivity index (χ1n) is 19.7. The Hall–Kier alpha value is -4.70. The Morgan fingerprint density at radius 2 is 0.727 bits per heavy atom. The molecule has 4 aromatic rings. The minimum atomic E-state index is -0.590. The zero-order chi connectivity index (χ0) is 40.8. The quantitative estimate of drug-likeness (QED) is 0.193. The summed E-state index contributed by atoms with van der Waals surface area (Å²) < 4.78 is 0. The highest BCUT2D eigenvalue weighted by atomic mass is 16.3. The Morgan fingerprint density at radius 3 is 0.964 bits per heavy atom. The number of hydrogen-bond acceptors (Lipinski definition) is 4. The van der Waals surface area contributed by atoms with Gasteiger partial charge in [-0.05, 0) is 73.6 Å². The van der Waals surface area contributed by atoms with Crippen molar-refractivity contribution in [3.8, 4) is 11.5 Å². The fraction of sp³-hybridized carbons (Fsp3) is 0.412. The second-order valence-corrected chi connectivity index (χ2v) is 20.6. The maximum Gasteiger partial charge on any atom is 0.190 e. The molecule has 288 valence electrons. The van der Waals surface area contributed by atoms with Crippen LogP contribution in [0.1, 0.15) is 151 Å². The number of phenolic OH excluding ortho intramolecular Hbond substituents is 2. The van der Waals surface area contributed by atoms with Crippen LogP contribution < -0.4 is 0 Å². The molecule has 2 bridgehead atoms. The molecular formula is C51H60O4. The number of carbonyl (C=O) groups is 2. The van der Waals surface area contributed by atoms with Gasteiger partial charge in [0.25, 0.3) is 0 Å². The Balaban J connectivity index is 1.82. The van der Waals surface area contributed by atoms with Gasteiger partial charge in [0.1, 0.15) is 11.5 Å². The van der Waals surface area contributed by atoms with Crippen molar-refractivity contribution in [1.82, 2.24) is 0 Å². The molecule has 0 aromatic heterocycles. The van der Waals surface area contributed by atoms with Gasteiger partial charge in [-0.3, -0.25) is 9.59 Å². The smallest absolute Gasteiger partial charge is 0.190 e. The van der Waals surface area contributed by atoms with Crippen molar-refractivity contribution < 1.29 is 19.8 Å². The van der Waals surface area contributed by atoms with E-state index in [9.17, 15) is 10.2 Å². The number of benzene rings is 4. The van der Waals surface area contributed by atoms with Crippen molar-refractivity contribution in [2.45, 2.75) is 119 Å². The first-order valence-corrected chi connectivity index (χ1v) is 19.7. The molecular weight excluding hydrogens is 677 g/mol. The molecule has 0 aliphatic heterocycles. The predicted molar refractivity (Wildman–Crippen MR) is 227 cm³/mol. The van der Waals surface area contributed by atoms with E-state index >= 15 is 9.59 Å². The average molecular weight is 737 g/mol. The first-order chi connectivity index (χ1) is 25.3. The van der Waals surface area contributed by atoms with E-state index in [-0.39, 0.29) is 11.6 Å². The van der Waals surface area contributed by atoms with Gasteiger partial charge in [-0.15, -0.1) is 0 Å². The van der Waals surface area contributed by atoms with Crippen molar-refractivity contribution in [2.24, 2.45) is 17.3 Å². The standard InChI is InChI=1S/C51H60O4/c1-47(2,3)33-25-31(26-34(45(33)54)48(4,5)6)37-38(32-27-35(49(7,8)9)46(55)36(28-32)50(10,11)12)42-40(44(53)30-23-19-16-20-24-30)39(41(37)51(42,13)14)43(52)29-21-17-15-18-22-29/h15-28,41-42,54-55H,1-14H3. The minimum Gasteiger partial charge on any atom is -0.507 e. The van der Waals surface area contributed by atoms with Gasteiger partial charge in [0.2, 0.25) is 0 Å². The lowest BCUT2D eigenvalue weighted by Crippen LogP contribution is -2.25. The molecule has 2 aliphatic rings. The van der Waals surface area contributed by atoms with Crippen LogP contribution in [0.5, 0.6) is 11.5 Å². The fourth-order valence-electron chi connectivity index (χ4n) is 9.07. The molecule has 4 heteroatoms. The molecule has 2 aliphatic carbocycles. The number of rotatable bonds is 6. The van der Waals surface area contributed by atoms with Gasteiger partial charge in [0, 0.05) is 56.4 Å². The van der Waals surface area contributed by atoms with Crippen molar-refractivity contribution in [1.29, 1.82) is 0 Å². The van der Waals surface area contributed by atoms with Crippen molar-refractivity contribution in [3.63, 3.8) is 0 Å². The summed E-state index contributed by atoms with van der Waals surface area (Å²) in [6.45, 7) is 29.8. The van der Waals surface area contributed by atoms with Gasteiger partial charge in [0.05, 0.1) is 0 Å². The van der Waals surface area contributed by atoms with Gasteiger partial charge in [-0.2, -0.15) is 0 Å². The maximum absolute atomic E-state index is 15.1. The Bertz CT molecular complexity index is 2020. The monoisotopic (exact) mass is 736 g/mol. The second kappa shape index (κ2) is 13.2. The number of fused-ring (bicyclic) bond motifs is 2. The molecule has 6 rings (SSSR count). The Labute approximate surface area is 329 Å². The third kappa shape index (κ3) is 6.81. The minimum absolute atomic E-state index is 0.139. The summed E-state index contributed by atoms with van der Waals surface area (Å²) in [4.78, 5) is 30.2. The molecule has 2 N–H and O–H groups in total. The SMILES string of the molecule is CC(C)(C)c1cc(C2=C(c3cc(C(C)(C)C)c(O)c(C(C)(C)C)c3)C3C(C(=O)c4ccccc4)=C(C(=O)c4ccccc4)C2C3(C)C)cc(C(C)(C)C)c1O. The molecule has 0 radical (unpaired) electrons. The van der Waals surface area contributed by atoms with Crippen molar-refractivity contribution in [2.75, 3.05) is 0 Å². The lowest BCUT2D eigenvalue weighted by atomic mass is 9.72. The number of hydrogen-bond donors (Lipinski definition) is 2. The first kappa shape index (κ1) is 40.0. The number of carbonyl (C=O) groups excluding carboxylic acids is 2. The summed E-state index contributed by atoms with van der Waals surface area (Å²) in [6.07, 6.45) is 0. The van der Waals surface area contributed by atoms with Gasteiger partial charge < -0.3 is 10.2 Å². The molecule has 0 saturated carbocycles. The molecule has 2 unspecified atom stereocenters. The Morgan fingerprint density at radius 1 is 0.473 bits per heavy atom. The fourth-order valence-corrected chi connectivity index (χ4v) is 9.07. The third-order valence-electron chi connectivity index (χ3n) is 11.9. The number of allylic oxidation sites excluding steroid dienone is 4. The van der Waals surface area contributed by atoms with Crippen LogP contribution in [0.25, 0.3) is 11.1 Å². The summed E-state index contributed by atoms with van der Waals surface area (Å²) >= 11 is 0. The predicted octanol–water partition coefficient (Wildman–Crippen LogP) is 12.5. The lowest BCUT2D eigenvalue weighted by molar-refractivity contribution is 0.0995. The molecule has 0 saturated heterocycles. The zero-order valence-electron chi connectivity index (χ0n) is 35.4. The average Bonchev–Trinajstić information content (AvgIpc) is 3.46. The number of aromatic hydroxyl groups is 2. The number of Topliss-reactive ketones (excluding diaryl/α,β-unsaturated/α-hetero) is 2. The summed E-state index contributed by atoms with van der Waals surface area (Å²) in [5.41, 5.74) is 7.24. The van der Waals surface area contributed by atoms with Crippen LogP contribution in [0.15, 0.2) is 96.1 Å². The molecule has 4 nitrogen and oxygen atoms in total. The van der Waals surface area contributed by atoms with Gasteiger partial charge >= 0.3 is 0 Å². The van der Waals surface area contributed by atoms with E-state index < -0.39 is 38.9 Å². The maximum atomic E-state index is 15.1. The summed E-state index contributed by atoms with van der Waals surface area (Å²) in [7, 11) is 0. The van der Waals surface area contributed by atoms with E-state index in [4.69, 9.17) is 0 Å². The molecule has 0 heterocycles. The highest BCUT2D eigenvalue weighted by Gasteiger charge is 2.61. The summed E-state index contributed by atoms with van der Waals surface area (Å²) in [5.74, 6) is -0.590. The third-order valence-corrected chi connectivity index (χ3v) is 11.9. The molecule has 4 aromatic carbocycles. The molecule has 2 atom stereocenters. The molecule has 55 heavy (non-hydrogen) atoms. The van der Waals surface area contributed by atoms with Crippen LogP contribution in [0.2, 0.25) is 0 Å². The van der Waals surface area contributed by atoms with E-state index in [1.165, 1.54) is 0 Å². The van der Waals surface area contributed by atoms with E-state index in [1.807, 2.05) is 60.7 Å². The van der Waals surface area contributed by atoms with E-state index in [0.717, 1.165) is 44.5 Å². The van der Waals surface area contributed by atoms with Crippen LogP contribution in [0.3, 0.4) is 0 Å². The van der Waals surface area contributed by atoms with Gasteiger partial charge in [0.15, 0.2) is 11.6 Å². The topological polar surface area (TPSA) is 74.6 Å². The normalized spacial score (nSPS) is 18.7. The summed E-state index contributed by atoms with van der Waals surface area (Å²) in [6, 6.07) is 27.1.